The fourth-order valence-electron chi connectivity index (χ4n) is 2.64. The summed E-state index contributed by atoms with van der Waals surface area (Å²) >= 11 is 6.13. The predicted molar refractivity (Wildman–Crippen MR) is 84.2 cm³/mol. The lowest BCUT2D eigenvalue weighted by molar-refractivity contribution is -0.130. The number of carbonyl (C=O) groups excluding carboxylic acids is 1. The van der Waals surface area contributed by atoms with Crippen molar-refractivity contribution in [3.63, 3.8) is 0 Å². The van der Waals surface area contributed by atoms with Gasteiger partial charge in [-0.1, -0.05) is 17.7 Å². The number of amides is 1. The van der Waals surface area contributed by atoms with Crippen LogP contribution in [0.4, 0.5) is 0 Å². The van der Waals surface area contributed by atoms with E-state index in [2.05, 4.69) is 11.1 Å². The Labute approximate surface area is 133 Å². The second-order valence-electron chi connectivity index (χ2n) is 5.44. The number of nitrogens with zero attached hydrogens (tertiary/aromatic N) is 4. The van der Waals surface area contributed by atoms with Crippen molar-refractivity contribution >= 4 is 29.2 Å². The van der Waals surface area contributed by atoms with Gasteiger partial charge in [0.05, 0.1) is 11.8 Å². The summed E-state index contributed by atoms with van der Waals surface area (Å²) in [6, 6.07) is 7.84. The predicted octanol–water partition coefficient (Wildman–Crippen LogP) is 2.91. The third-order valence-electron chi connectivity index (χ3n) is 4.27. The number of halogens is 1. The first-order valence-corrected chi connectivity index (χ1v) is 7.45. The minimum Gasteiger partial charge on any atom is -0.323 e. The van der Waals surface area contributed by atoms with E-state index in [1.807, 2.05) is 28.8 Å². The molecule has 0 saturated heterocycles. The lowest BCUT2D eigenvalue weighted by Crippen LogP contribution is -2.52. The number of rotatable bonds is 3. The Bertz CT molecular complexity index is 798. The van der Waals surface area contributed by atoms with Gasteiger partial charge in [0.2, 0.25) is 5.91 Å². The summed E-state index contributed by atoms with van der Waals surface area (Å²) in [5.74, 6) is -0.205. The van der Waals surface area contributed by atoms with Crippen molar-refractivity contribution in [2.75, 3.05) is 7.05 Å². The summed E-state index contributed by atoms with van der Waals surface area (Å²) < 4.78 is 1.82. The van der Waals surface area contributed by atoms with E-state index in [4.69, 9.17) is 11.6 Å². The van der Waals surface area contributed by atoms with Crippen molar-refractivity contribution in [2.45, 2.75) is 24.8 Å². The van der Waals surface area contributed by atoms with Crippen LogP contribution in [0.1, 0.15) is 25.0 Å². The maximum absolute atomic E-state index is 12.3. The first-order valence-electron chi connectivity index (χ1n) is 7.07. The van der Waals surface area contributed by atoms with Gasteiger partial charge in [0.1, 0.15) is 11.2 Å². The molecule has 5 nitrogen and oxygen atoms in total. The van der Waals surface area contributed by atoms with Crippen molar-refractivity contribution in [3.05, 3.63) is 41.3 Å². The molecule has 2 aromatic heterocycles. The third-order valence-corrected chi connectivity index (χ3v) is 4.55. The van der Waals surface area contributed by atoms with Crippen LogP contribution < -0.4 is 0 Å². The van der Waals surface area contributed by atoms with Crippen LogP contribution in [0, 0.1) is 11.3 Å². The molecule has 0 N–H and O–H groups in total. The van der Waals surface area contributed by atoms with Gasteiger partial charge in [0, 0.05) is 19.3 Å². The van der Waals surface area contributed by atoms with Crippen molar-refractivity contribution in [1.29, 1.82) is 5.26 Å². The van der Waals surface area contributed by atoms with Crippen LogP contribution in [0.25, 0.3) is 11.7 Å². The Morgan fingerprint density at radius 1 is 1.55 bits per heavy atom. The number of nitriles is 1. The molecule has 3 rings (SSSR count). The SMILES string of the molecule is CN(C(=O)/C=C/c1c(Cl)nc2ccccn12)C1(C#N)CCC1. The highest BCUT2D eigenvalue weighted by molar-refractivity contribution is 6.31. The average Bonchev–Trinajstić information content (AvgIpc) is 2.79. The molecule has 1 amide bonds. The normalized spacial score (nSPS) is 16.4. The van der Waals surface area contributed by atoms with Gasteiger partial charge < -0.3 is 4.90 Å². The van der Waals surface area contributed by atoms with Crippen molar-refractivity contribution in [2.24, 2.45) is 0 Å². The zero-order valence-corrected chi connectivity index (χ0v) is 12.9. The van der Waals surface area contributed by atoms with Crippen molar-refractivity contribution < 1.29 is 4.79 Å². The molecule has 1 aliphatic rings. The van der Waals surface area contributed by atoms with Crippen LogP contribution >= 0.6 is 11.6 Å². The van der Waals surface area contributed by atoms with E-state index in [-0.39, 0.29) is 5.91 Å². The number of likely N-dealkylation sites (N-methyl/N-ethyl adjacent to an activating group) is 1. The van der Waals surface area contributed by atoms with Crippen LogP contribution in [-0.2, 0) is 4.79 Å². The molecule has 112 valence electrons. The second-order valence-corrected chi connectivity index (χ2v) is 5.80. The van der Waals surface area contributed by atoms with Crippen LogP contribution in [0.2, 0.25) is 5.15 Å². The lowest BCUT2D eigenvalue weighted by atomic mass is 9.76. The quantitative estimate of drug-likeness (QED) is 0.818. The summed E-state index contributed by atoms with van der Waals surface area (Å²) in [5.41, 5.74) is 0.726. The molecule has 6 heteroatoms. The molecule has 0 radical (unpaired) electrons. The molecule has 0 aliphatic heterocycles. The van der Waals surface area contributed by atoms with E-state index in [0.29, 0.717) is 10.8 Å². The largest absolute Gasteiger partial charge is 0.323 e. The summed E-state index contributed by atoms with van der Waals surface area (Å²) in [5, 5.41) is 9.63. The van der Waals surface area contributed by atoms with Gasteiger partial charge >= 0.3 is 0 Å². The minimum absolute atomic E-state index is 0.205. The van der Waals surface area contributed by atoms with E-state index in [1.165, 1.54) is 11.0 Å². The Kier molecular flexibility index (Phi) is 3.63. The van der Waals surface area contributed by atoms with E-state index in [0.717, 1.165) is 24.9 Å². The van der Waals surface area contributed by atoms with Crippen LogP contribution in [-0.4, -0.2) is 32.8 Å². The Morgan fingerprint density at radius 3 is 2.95 bits per heavy atom. The molecule has 0 aromatic carbocycles. The number of hydrogen-bond donors (Lipinski definition) is 0. The highest BCUT2D eigenvalue weighted by Gasteiger charge is 2.42. The smallest absolute Gasteiger partial charge is 0.247 e. The van der Waals surface area contributed by atoms with Gasteiger partial charge in [0.15, 0.2) is 5.15 Å². The number of fused-ring (bicyclic) bond motifs is 1. The molecule has 2 aromatic rings. The zero-order valence-electron chi connectivity index (χ0n) is 12.2. The number of pyridine rings is 1. The number of aromatic nitrogens is 2. The fraction of sp³-hybridized carbons (Fsp3) is 0.312. The molecule has 1 aliphatic carbocycles. The number of hydrogen-bond acceptors (Lipinski definition) is 3. The molecule has 22 heavy (non-hydrogen) atoms. The van der Waals surface area contributed by atoms with Gasteiger partial charge in [-0.3, -0.25) is 9.20 Å². The molecule has 2 heterocycles. The third kappa shape index (κ3) is 2.26. The average molecular weight is 315 g/mol. The highest BCUT2D eigenvalue weighted by atomic mass is 35.5. The van der Waals surface area contributed by atoms with E-state index >= 15 is 0 Å². The van der Waals surface area contributed by atoms with Gasteiger partial charge in [0.25, 0.3) is 0 Å². The summed E-state index contributed by atoms with van der Waals surface area (Å²) in [4.78, 5) is 18.0. The first kappa shape index (κ1) is 14.6. The summed E-state index contributed by atoms with van der Waals surface area (Å²) in [6.07, 6.45) is 7.37. The maximum Gasteiger partial charge on any atom is 0.247 e. The first-order chi connectivity index (χ1) is 10.6. The number of imidazole rings is 1. The van der Waals surface area contributed by atoms with Gasteiger partial charge in [-0.05, 0) is 37.5 Å². The fourth-order valence-corrected chi connectivity index (χ4v) is 2.88. The van der Waals surface area contributed by atoms with Crippen LogP contribution in [0.15, 0.2) is 30.5 Å². The van der Waals surface area contributed by atoms with E-state index < -0.39 is 5.54 Å². The Morgan fingerprint density at radius 2 is 2.32 bits per heavy atom. The summed E-state index contributed by atoms with van der Waals surface area (Å²) in [7, 11) is 1.67. The molecule has 0 unspecified atom stereocenters. The van der Waals surface area contributed by atoms with Crippen LogP contribution in [0.5, 0.6) is 0 Å². The van der Waals surface area contributed by atoms with Gasteiger partial charge in [-0.15, -0.1) is 0 Å². The molecule has 1 saturated carbocycles. The molecular formula is C16H15ClN4O. The van der Waals surface area contributed by atoms with Gasteiger partial charge in [-0.2, -0.15) is 5.26 Å². The molecule has 1 fully saturated rings. The molecule has 0 bridgehead atoms. The highest BCUT2D eigenvalue weighted by Crippen LogP contribution is 2.36. The van der Waals surface area contributed by atoms with Crippen molar-refractivity contribution in [3.8, 4) is 6.07 Å². The second kappa shape index (κ2) is 5.47. The van der Waals surface area contributed by atoms with E-state index in [9.17, 15) is 10.1 Å². The minimum atomic E-state index is -0.648. The molecular weight excluding hydrogens is 300 g/mol. The maximum atomic E-state index is 12.3. The Hall–Kier alpha value is -2.32. The van der Waals surface area contributed by atoms with Gasteiger partial charge in [-0.25, -0.2) is 4.98 Å². The lowest BCUT2D eigenvalue weighted by Gasteiger charge is -2.42. The molecule has 0 atom stereocenters. The van der Waals surface area contributed by atoms with Crippen molar-refractivity contribution in [1.82, 2.24) is 14.3 Å². The summed E-state index contributed by atoms with van der Waals surface area (Å²) in [6.45, 7) is 0. The standard InChI is InChI=1S/C16H15ClN4O/c1-20(16(11-18)8-4-9-16)14(22)7-6-12-15(17)19-13-5-2-3-10-21(12)13/h2-3,5-7,10H,4,8-9H2,1H3/b7-6+. The zero-order chi connectivity index (χ0) is 15.7. The monoisotopic (exact) mass is 314 g/mol. The Balaban J connectivity index is 1.85. The number of carbonyl (C=O) groups is 1. The molecule has 0 spiro atoms. The van der Waals surface area contributed by atoms with Crippen LogP contribution in [0.3, 0.4) is 0 Å². The van der Waals surface area contributed by atoms with E-state index in [1.54, 1.807) is 13.1 Å². The topological polar surface area (TPSA) is 61.4 Å².